The smallest absolute Gasteiger partial charge is 0.227 e. The monoisotopic (exact) mass is 349 g/mol. The van der Waals surface area contributed by atoms with Crippen LogP contribution in [-0.2, 0) is 11.3 Å². The number of Topliss-reactive ketones (excluding diaryl/α,β-unsaturated/α-hetero) is 1. The van der Waals surface area contributed by atoms with Gasteiger partial charge in [-0.2, -0.15) is 0 Å². The van der Waals surface area contributed by atoms with Crippen molar-refractivity contribution in [1.82, 2.24) is 9.55 Å². The molecule has 0 spiro atoms. The first-order valence-electron chi connectivity index (χ1n) is 8.85. The number of para-hydroxylation sites is 2. The second-order valence-corrected chi connectivity index (χ2v) is 6.44. The van der Waals surface area contributed by atoms with Gasteiger partial charge in [-0.05, 0) is 50.1 Å². The number of nitrogens with one attached hydrogen (secondary N) is 1. The third-order valence-electron chi connectivity index (χ3n) is 4.63. The number of aryl methyl sites for hydroxylation is 3. The SMILES string of the molecule is CCn1c(NC(=O)CCC(=O)c2ccc(C)c(C)c2)nc2ccccc21. The van der Waals surface area contributed by atoms with Crippen molar-refractivity contribution in [2.24, 2.45) is 0 Å². The average Bonchev–Trinajstić information content (AvgIpc) is 2.98. The first-order chi connectivity index (χ1) is 12.5. The fourth-order valence-electron chi connectivity index (χ4n) is 2.96. The van der Waals surface area contributed by atoms with Gasteiger partial charge in [0.1, 0.15) is 0 Å². The van der Waals surface area contributed by atoms with Crippen molar-refractivity contribution in [3.63, 3.8) is 0 Å². The molecule has 0 bridgehead atoms. The van der Waals surface area contributed by atoms with E-state index in [1.807, 2.05) is 67.8 Å². The molecule has 3 aromatic rings. The van der Waals surface area contributed by atoms with E-state index in [9.17, 15) is 9.59 Å². The molecule has 3 rings (SSSR count). The molecule has 0 aliphatic rings. The first-order valence-corrected chi connectivity index (χ1v) is 8.85. The van der Waals surface area contributed by atoms with Gasteiger partial charge in [-0.1, -0.05) is 24.3 Å². The maximum atomic E-state index is 12.3. The van der Waals surface area contributed by atoms with Crippen LogP contribution in [0.3, 0.4) is 0 Å². The number of benzene rings is 2. The second kappa shape index (κ2) is 7.52. The van der Waals surface area contributed by atoms with Gasteiger partial charge in [-0.3, -0.25) is 14.9 Å². The Hall–Kier alpha value is -2.95. The maximum absolute atomic E-state index is 12.3. The van der Waals surface area contributed by atoms with Crippen molar-refractivity contribution in [3.05, 3.63) is 59.2 Å². The van der Waals surface area contributed by atoms with Crippen LogP contribution in [-0.4, -0.2) is 21.2 Å². The molecule has 0 aliphatic carbocycles. The van der Waals surface area contributed by atoms with Crippen LogP contribution in [0.1, 0.15) is 41.3 Å². The summed E-state index contributed by atoms with van der Waals surface area (Å²) >= 11 is 0. The number of carbonyl (C=O) groups is 2. The molecule has 0 saturated heterocycles. The molecule has 0 unspecified atom stereocenters. The fourth-order valence-corrected chi connectivity index (χ4v) is 2.96. The molecule has 1 heterocycles. The molecule has 0 atom stereocenters. The van der Waals surface area contributed by atoms with E-state index < -0.39 is 0 Å². The summed E-state index contributed by atoms with van der Waals surface area (Å²) in [4.78, 5) is 29.1. The lowest BCUT2D eigenvalue weighted by atomic mass is 10.0. The topological polar surface area (TPSA) is 64.0 Å². The largest absolute Gasteiger partial charge is 0.310 e. The standard InChI is InChI=1S/C21H23N3O2/c1-4-24-18-8-6-5-7-17(18)22-21(24)23-20(26)12-11-19(25)16-10-9-14(2)15(3)13-16/h5-10,13H,4,11-12H2,1-3H3,(H,22,23,26). The highest BCUT2D eigenvalue weighted by molar-refractivity contribution is 6.00. The van der Waals surface area contributed by atoms with Gasteiger partial charge in [0.2, 0.25) is 11.9 Å². The predicted molar refractivity (Wildman–Crippen MR) is 104 cm³/mol. The summed E-state index contributed by atoms with van der Waals surface area (Å²) in [5.41, 5.74) is 4.71. The minimum absolute atomic E-state index is 0.0211. The molecule has 1 amide bonds. The Kier molecular flexibility index (Phi) is 5.16. The average molecular weight is 349 g/mol. The Balaban J connectivity index is 1.66. The third-order valence-corrected chi connectivity index (χ3v) is 4.63. The van der Waals surface area contributed by atoms with E-state index in [2.05, 4.69) is 10.3 Å². The molecule has 2 aromatic carbocycles. The molecule has 5 heteroatoms. The normalized spacial score (nSPS) is 10.9. The third kappa shape index (κ3) is 3.67. The number of hydrogen-bond acceptors (Lipinski definition) is 3. The van der Waals surface area contributed by atoms with E-state index in [-0.39, 0.29) is 24.5 Å². The number of anilines is 1. The van der Waals surface area contributed by atoms with E-state index in [1.54, 1.807) is 0 Å². The van der Waals surface area contributed by atoms with Crippen LogP contribution in [0.15, 0.2) is 42.5 Å². The Labute approximate surface area is 153 Å². The second-order valence-electron chi connectivity index (χ2n) is 6.44. The molecular formula is C21H23N3O2. The summed E-state index contributed by atoms with van der Waals surface area (Å²) in [6.07, 6.45) is 0.319. The number of rotatable bonds is 6. The van der Waals surface area contributed by atoms with Crippen LogP contribution >= 0.6 is 0 Å². The van der Waals surface area contributed by atoms with Crippen LogP contribution in [0, 0.1) is 13.8 Å². The van der Waals surface area contributed by atoms with Crippen molar-refractivity contribution < 1.29 is 9.59 Å². The number of carbonyl (C=O) groups excluding carboxylic acids is 2. The molecular weight excluding hydrogens is 326 g/mol. The van der Waals surface area contributed by atoms with E-state index >= 15 is 0 Å². The van der Waals surface area contributed by atoms with E-state index in [1.165, 1.54) is 0 Å². The van der Waals surface area contributed by atoms with Gasteiger partial charge < -0.3 is 4.57 Å². The summed E-state index contributed by atoms with van der Waals surface area (Å²) in [5.74, 6) is 0.303. The number of amides is 1. The molecule has 0 saturated carbocycles. The number of hydrogen-bond donors (Lipinski definition) is 1. The molecule has 0 fully saturated rings. The van der Waals surface area contributed by atoms with Crippen molar-refractivity contribution >= 4 is 28.7 Å². The summed E-state index contributed by atoms with van der Waals surface area (Å²) in [6, 6.07) is 13.4. The quantitative estimate of drug-likeness (QED) is 0.676. The number of imidazole rings is 1. The zero-order valence-corrected chi connectivity index (χ0v) is 15.4. The van der Waals surface area contributed by atoms with Gasteiger partial charge in [-0.25, -0.2) is 4.98 Å². The van der Waals surface area contributed by atoms with Gasteiger partial charge in [0, 0.05) is 24.9 Å². The summed E-state index contributed by atoms with van der Waals surface area (Å²) in [5, 5.41) is 2.84. The van der Waals surface area contributed by atoms with Crippen molar-refractivity contribution in [2.75, 3.05) is 5.32 Å². The van der Waals surface area contributed by atoms with Crippen molar-refractivity contribution in [2.45, 2.75) is 40.2 Å². The Bertz CT molecular complexity index is 973. The summed E-state index contributed by atoms with van der Waals surface area (Å²) in [7, 11) is 0. The van der Waals surface area contributed by atoms with Crippen molar-refractivity contribution in [1.29, 1.82) is 0 Å². The Morgan fingerprint density at radius 2 is 1.81 bits per heavy atom. The zero-order valence-electron chi connectivity index (χ0n) is 15.4. The number of fused-ring (bicyclic) bond motifs is 1. The van der Waals surface area contributed by atoms with Crippen LogP contribution in [0.25, 0.3) is 11.0 Å². The van der Waals surface area contributed by atoms with Gasteiger partial charge >= 0.3 is 0 Å². The van der Waals surface area contributed by atoms with Crippen LogP contribution in [0.5, 0.6) is 0 Å². The van der Waals surface area contributed by atoms with Gasteiger partial charge in [0.05, 0.1) is 11.0 Å². The number of ketones is 1. The first kappa shape index (κ1) is 17.9. The highest BCUT2D eigenvalue weighted by atomic mass is 16.2. The number of aromatic nitrogens is 2. The molecule has 134 valence electrons. The Morgan fingerprint density at radius 3 is 2.54 bits per heavy atom. The fraction of sp³-hybridized carbons (Fsp3) is 0.286. The molecule has 26 heavy (non-hydrogen) atoms. The van der Waals surface area contributed by atoms with Crippen molar-refractivity contribution in [3.8, 4) is 0 Å². The Morgan fingerprint density at radius 1 is 1.04 bits per heavy atom. The van der Waals surface area contributed by atoms with E-state index in [0.717, 1.165) is 22.2 Å². The lowest BCUT2D eigenvalue weighted by Gasteiger charge is -2.08. The minimum atomic E-state index is -0.202. The van der Waals surface area contributed by atoms with Crippen LogP contribution in [0.2, 0.25) is 0 Å². The molecule has 0 radical (unpaired) electrons. The van der Waals surface area contributed by atoms with Gasteiger partial charge in [0.25, 0.3) is 0 Å². The van der Waals surface area contributed by atoms with E-state index in [4.69, 9.17) is 0 Å². The minimum Gasteiger partial charge on any atom is -0.310 e. The predicted octanol–water partition coefficient (Wildman–Crippen LogP) is 4.27. The molecule has 1 N–H and O–H groups in total. The lowest BCUT2D eigenvalue weighted by molar-refractivity contribution is -0.116. The number of nitrogens with zero attached hydrogens (tertiary/aromatic N) is 2. The molecule has 1 aromatic heterocycles. The van der Waals surface area contributed by atoms with Gasteiger partial charge in [0.15, 0.2) is 5.78 Å². The summed E-state index contributed by atoms with van der Waals surface area (Å²) in [6.45, 7) is 6.70. The molecule has 0 aliphatic heterocycles. The maximum Gasteiger partial charge on any atom is 0.227 e. The lowest BCUT2D eigenvalue weighted by Crippen LogP contribution is -2.16. The highest BCUT2D eigenvalue weighted by Gasteiger charge is 2.14. The summed E-state index contributed by atoms with van der Waals surface area (Å²) < 4.78 is 1.96. The highest BCUT2D eigenvalue weighted by Crippen LogP contribution is 2.19. The zero-order chi connectivity index (χ0) is 18.7. The van der Waals surface area contributed by atoms with Crippen LogP contribution in [0.4, 0.5) is 5.95 Å². The molecule has 5 nitrogen and oxygen atoms in total. The van der Waals surface area contributed by atoms with E-state index in [0.29, 0.717) is 18.1 Å². The van der Waals surface area contributed by atoms with Gasteiger partial charge in [-0.15, -0.1) is 0 Å². The van der Waals surface area contributed by atoms with Crippen LogP contribution < -0.4 is 5.32 Å².